The van der Waals surface area contributed by atoms with E-state index in [2.05, 4.69) is 26.1 Å². The third-order valence-electron chi connectivity index (χ3n) is 1.33. The van der Waals surface area contributed by atoms with E-state index >= 15 is 0 Å². The van der Waals surface area contributed by atoms with Gasteiger partial charge in [0.05, 0.1) is 0 Å². The number of hydrogen-bond acceptors (Lipinski definition) is 1. The second-order valence-corrected chi connectivity index (χ2v) is 1.95. The number of nitrogens with one attached hydrogen (secondary N) is 1. The van der Waals surface area contributed by atoms with Crippen LogP contribution in [0.5, 0.6) is 0 Å². The Hall–Kier alpha value is -0.0400. The Balaban J connectivity index is 3.07. The second kappa shape index (κ2) is 5.10. The Labute approximate surface area is 52.5 Å². The average Bonchev–Trinajstić information content (AvgIpc) is 1.83. The van der Waals surface area contributed by atoms with Crippen molar-refractivity contribution in [3.8, 4) is 0 Å². The summed E-state index contributed by atoms with van der Waals surface area (Å²) in [6, 6.07) is 0.639. The van der Waals surface area contributed by atoms with Crippen molar-refractivity contribution >= 4 is 0 Å². The molecule has 0 aliphatic heterocycles. The van der Waals surface area contributed by atoms with Crippen molar-refractivity contribution in [2.45, 2.75) is 32.7 Å². The van der Waals surface area contributed by atoms with E-state index in [0.29, 0.717) is 6.04 Å². The smallest absolute Gasteiger partial charge is 0.00643 e. The van der Waals surface area contributed by atoms with Crippen LogP contribution < -0.4 is 5.32 Å². The third-order valence-corrected chi connectivity index (χ3v) is 1.33. The zero-order chi connectivity index (χ0) is 6.41. The van der Waals surface area contributed by atoms with E-state index < -0.39 is 0 Å². The maximum atomic E-state index is 3.81. The highest BCUT2D eigenvalue weighted by atomic mass is 14.9. The van der Waals surface area contributed by atoms with E-state index in [0.717, 1.165) is 13.0 Å². The molecule has 1 unspecified atom stereocenters. The zero-order valence-corrected chi connectivity index (χ0v) is 5.91. The van der Waals surface area contributed by atoms with E-state index in [-0.39, 0.29) is 0 Å². The van der Waals surface area contributed by atoms with Crippen molar-refractivity contribution in [3.05, 3.63) is 6.92 Å². The van der Waals surface area contributed by atoms with Crippen molar-refractivity contribution in [1.29, 1.82) is 0 Å². The topological polar surface area (TPSA) is 12.0 Å². The van der Waals surface area contributed by atoms with Crippen LogP contribution in [0.3, 0.4) is 0 Å². The van der Waals surface area contributed by atoms with Gasteiger partial charge in [-0.15, -0.1) is 0 Å². The van der Waals surface area contributed by atoms with Crippen LogP contribution in [0.1, 0.15) is 26.7 Å². The molecule has 0 saturated heterocycles. The molecule has 0 aromatic heterocycles. The fraction of sp³-hybridized carbons (Fsp3) is 0.857. The first kappa shape index (κ1) is 7.96. The van der Waals surface area contributed by atoms with Gasteiger partial charge in [0.25, 0.3) is 0 Å². The van der Waals surface area contributed by atoms with Gasteiger partial charge in [-0.3, -0.25) is 0 Å². The minimum Gasteiger partial charge on any atom is -0.314 e. The largest absolute Gasteiger partial charge is 0.314 e. The van der Waals surface area contributed by atoms with Gasteiger partial charge in [0.15, 0.2) is 0 Å². The number of hydrogen-bond donors (Lipinski definition) is 1. The predicted octanol–water partition coefficient (Wildman–Crippen LogP) is 1.60. The van der Waals surface area contributed by atoms with E-state index in [1.165, 1.54) is 6.42 Å². The minimum absolute atomic E-state index is 0.639. The first-order valence-electron chi connectivity index (χ1n) is 3.37. The first-order chi connectivity index (χ1) is 3.85. The molecule has 0 rings (SSSR count). The molecule has 8 heavy (non-hydrogen) atoms. The molecule has 0 aliphatic rings. The van der Waals surface area contributed by atoms with Gasteiger partial charge in [-0.25, -0.2) is 0 Å². The van der Waals surface area contributed by atoms with Gasteiger partial charge in [0.1, 0.15) is 0 Å². The van der Waals surface area contributed by atoms with E-state index in [1.807, 2.05) is 0 Å². The van der Waals surface area contributed by atoms with Gasteiger partial charge in [-0.05, 0) is 19.4 Å². The standard InChI is InChI=1S/C7H16N/c1-4-7(5-2)8-6-3/h7-8H,1,4-6H2,2-3H3. The van der Waals surface area contributed by atoms with Gasteiger partial charge >= 0.3 is 0 Å². The molecule has 0 saturated carbocycles. The lowest BCUT2D eigenvalue weighted by Gasteiger charge is -2.11. The minimum atomic E-state index is 0.639. The van der Waals surface area contributed by atoms with E-state index in [1.54, 1.807) is 0 Å². The Morgan fingerprint density at radius 1 is 1.50 bits per heavy atom. The lowest BCUT2D eigenvalue weighted by molar-refractivity contribution is 0.516. The molecule has 0 heterocycles. The number of rotatable bonds is 4. The average molecular weight is 114 g/mol. The Morgan fingerprint density at radius 3 is 2.25 bits per heavy atom. The van der Waals surface area contributed by atoms with Crippen LogP contribution in [0.25, 0.3) is 0 Å². The summed E-state index contributed by atoms with van der Waals surface area (Å²) in [5.74, 6) is 0. The molecule has 1 heteroatoms. The fourth-order valence-electron chi connectivity index (χ4n) is 0.739. The summed E-state index contributed by atoms with van der Waals surface area (Å²) >= 11 is 0. The quantitative estimate of drug-likeness (QED) is 0.585. The molecule has 0 fully saturated rings. The van der Waals surface area contributed by atoms with Crippen molar-refractivity contribution in [2.24, 2.45) is 0 Å². The summed E-state index contributed by atoms with van der Waals surface area (Å²) in [4.78, 5) is 0. The van der Waals surface area contributed by atoms with Crippen LogP contribution >= 0.6 is 0 Å². The van der Waals surface area contributed by atoms with Crippen LogP contribution in [-0.4, -0.2) is 12.6 Å². The molecule has 0 aliphatic carbocycles. The molecule has 0 amide bonds. The third kappa shape index (κ3) is 3.03. The van der Waals surface area contributed by atoms with Crippen molar-refractivity contribution < 1.29 is 0 Å². The van der Waals surface area contributed by atoms with Crippen LogP contribution in [-0.2, 0) is 0 Å². The first-order valence-corrected chi connectivity index (χ1v) is 3.37. The monoisotopic (exact) mass is 114 g/mol. The van der Waals surface area contributed by atoms with E-state index in [4.69, 9.17) is 0 Å². The molecule has 1 atom stereocenters. The Morgan fingerprint density at radius 2 is 2.12 bits per heavy atom. The van der Waals surface area contributed by atoms with Crippen LogP contribution in [0, 0.1) is 6.92 Å². The van der Waals surface area contributed by atoms with Crippen LogP contribution in [0.15, 0.2) is 0 Å². The summed E-state index contributed by atoms with van der Waals surface area (Å²) < 4.78 is 0. The molecule has 0 aromatic carbocycles. The highest BCUT2D eigenvalue weighted by molar-refractivity contribution is 4.63. The van der Waals surface area contributed by atoms with Gasteiger partial charge in [0.2, 0.25) is 0 Å². The van der Waals surface area contributed by atoms with Gasteiger partial charge in [0, 0.05) is 6.04 Å². The summed E-state index contributed by atoms with van der Waals surface area (Å²) in [6.45, 7) is 9.18. The van der Waals surface area contributed by atoms with Crippen molar-refractivity contribution in [2.75, 3.05) is 6.54 Å². The van der Waals surface area contributed by atoms with Gasteiger partial charge < -0.3 is 5.32 Å². The lowest BCUT2D eigenvalue weighted by atomic mass is 10.2. The zero-order valence-electron chi connectivity index (χ0n) is 5.91. The van der Waals surface area contributed by atoms with E-state index in [9.17, 15) is 0 Å². The summed E-state index contributed by atoms with van der Waals surface area (Å²) in [6.07, 6.45) is 2.20. The molecule has 1 N–H and O–H groups in total. The second-order valence-electron chi connectivity index (χ2n) is 1.95. The maximum absolute atomic E-state index is 3.81. The Kier molecular flexibility index (Phi) is 5.08. The maximum Gasteiger partial charge on any atom is 0.00643 e. The summed E-state index contributed by atoms with van der Waals surface area (Å²) in [5, 5.41) is 3.32. The van der Waals surface area contributed by atoms with Crippen LogP contribution in [0.4, 0.5) is 0 Å². The molecule has 0 bridgehead atoms. The molecule has 0 spiro atoms. The highest BCUT2D eigenvalue weighted by Crippen LogP contribution is 1.93. The molecule has 0 aromatic rings. The summed E-state index contributed by atoms with van der Waals surface area (Å²) in [7, 11) is 0. The molecular weight excluding hydrogens is 98.1 g/mol. The summed E-state index contributed by atoms with van der Waals surface area (Å²) in [5.41, 5.74) is 0. The normalized spacial score (nSPS) is 10.5. The predicted molar refractivity (Wildman–Crippen MR) is 37.7 cm³/mol. The lowest BCUT2D eigenvalue weighted by Crippen LogP contribution is -2.26. The molecule has 1 radical (unpaired) electrons. The SMILES string of the molecule is [CH2]CC(CC)NCC. The van der Waals surface area contributed by atoms with Crippen molar-refractivity contribution in [1.82, 2.24) is 5.32 Å². The van der Waals surface area contributed by atoms with Crippen molar-refractivity contribution in [3.63, 3.8) is 0 Å². The van der Waals surface area contributed by atoms with Gasteiger partial charge in [-0.2, -0.15) is 0 Å². The molecule has 1 nitrogen and oxygen atoms in total. The highest BCUT2D eigenvalue weighted by Gasteiger charge is 1.97. The molecule has 49 valence electrons. The molecular formula is C7H16N. The Bertz CT molecular complexity index is 39.7. The van der Waals surface area contributed by atoms with Crippen LogP contribution in [0.2, 0.25) is 0 Å². The van der Waals surface area contributed by atoms with Gasteiger partial charge in [-0.1, -0.05) is 20.8 Å². The fourth-order valence-corrected chi connectivity index (χ4v) is 0.739.